The Balaban J connectivity index is 1.88. The molecule has 3 rings (SSSR count). The molecule has 1 aliphatic heterocycles. The molecule has 0 aliphatic carbocycles. The van der Waals surface area contributed by atoms with Crippen LogP contribution in [0.4, 0.5) is 5.69 Å². The number of nitrogens with zero attached hydrogens (tertiary/aromatic N) is 1. The smallest absolute Gasteiger partial charge is 0.257 e. The second-order valence-corrected chi connectivity index (χ2v) is 5.16. The van der Waals surface area contributed by atoms with Gasteiger partial charge < -0.3 is 15.4 Å². The molecule has 4 heteroatoms. The molecule has 0 spiro atoms. The van der Waals surface area contributed by atoms with Gasteiger partial charge in [-0.2, -0.15) is 0 Å². The van der Waals surface area contributed by atoms with Gasteiger partial charge in [0, 0.05) is 18.8 Å². The Bertz CT molecular complexity index is 682. The molecular formula is C17H18N2O2. The monoisotopic (exact) mass is 282 g/mol. The Labute approximate surface area is 124 Å². The summed E-state index contributed by atoms with van der Waals surface area (Å²) in [7, 11) is 1.58. The molecule has 2 aromatic carbocycles. The standard InChI is InChI=1S/C17H18N2O2/c1-21-16-8-3-2-6-14(16)17(20)19-10-9-13-12(11-19)5-4-7-15(13)18/h2-8H,9-11,18H2,1H3. The average molecular weight is 282 g/mol. The molecule has 21 heavy (non-hydrogen) atoms. The van der Waals surface area contributed by atoms with Gasteiger partial charge in [0.05, 0.1) is 12.7 Å². The van der Waals surface area contributed by atoms with Crippen LogP contribution in [0.5, 0.6) is 5.75 Å². The fraction of sp³-hybridized carbons (Fsp3) is 0.235. The summed E-state index contributed by atoms with van der Waals surface area (Å²) in [4.78, 5) is 14.5. The minimum atomic E-state index is 0.000486. The summed E-state index contributed by atoms with van der Waals surface area (Å²) in [5, 5.41) is 0. The average Bonchev–Trinajstić information content (AvgIpc) is 2.54. The van der Waals surface area contributed by atoms with Gasteiger partial charge in [0.15, 0.2) is 0 Å². The van der Waals surface area contributed by atoms with Crippen LogP contribution >= 0.6 is 0 Å². The molecule has 0 fully saturated rings. The summed E-state index contributed by atoms with van der Waals surface area (Å²) < 4.78 is 5.28. The number of benzene rings is 2. The summed E-state index contributed by atoms with van der Waals surface area (Å²) in [5.41, 5.74) is 9.71. The Morgan fingerprint density at radius 1 is 1.19 bits per heavy atom. The third kappa shape index (κ3) is 2.44. The molecule has 1 amide bonds. The predicted octanol–water partition coefficient (Wildman–Crippen LogP) is 2.48. The van der Waals surface area contributed by atoms with Gasteiger partial charge >= 0.3 is 0 Å². The highest BCUT2D eigenvalue weighted by Crippen LogP contribution is 2.27. The number of ether oxygens (including phenoxy) is 1. The van der Waals surface area contributed by atoms with Crippen molar-refractivity contribution in [1.29, 1.82) is 0 Å². The number of methoxy groups -OCH3 is 1. The number of anilines is 1. The topological polar surface area (TPSA) is 55.6 Å². The van der Waals surface area contributed by atoms with Crippen molar-refractivity contribution in [1.82, 2.24) is 4.90 Å². The molecule has 0 radical (unpaired) electrons. The molecule has 0 saturated heterocycles. The maximum atomic E-state index is 12.7. The summed E-state index contributed by atoms with van der Waals surface area (Å²) >= 11 is 0. The lowest BCUT2D eigenvalue weighted by Gasteiger charge is -2.30. The highest BCUT2D eigenvalue weighted by Gasteiger charge is 2.24. The molecular weight excluding hydrogens is 264 g/mol. The fourth-order valence-electron chi connectivity index (χ4n) is 2.80. The third-order valence-corrected chi connectivity index (χ3v) is 3.93. The lowest BCUT2D eigenvalue weighted by Crippen LogP contribution is -2.36. The number of hydrogen-bond donors (Lipinski definition) is 1. The highest BCUT2D eigenvalue weighted by atomic mass is 16.5. The van der Waals surface area contributed by atoms with Gasteiger partial charge in [-0.3, -0.25) is 4.79 Å². The van der Waals surface area contributed by atoms with Crippen molar-refractivity contribution < 1.29 is 9.53 Å². The van der Waals surface area contributed by atoms with E-state index in [0.29, 0.717) is 24.4 Å². The van der Waals surface area contributed by atoms with E-state index < -0.39 is 0 Å². The van der Waals surface area contributed by atoms with Crippen molar-refractivity contribution in [3.63, 3.8) is 0 Å². The zero-order valence-electron chi connectivity index (χ0n) is 12.0. The summed E-state index contributed by atoms with van der Waals surface area (Å²) in [5.74, 6) is 0.612. The Kier molecular flexibility index (Phi) is 3.52. The van der Waals surface area contributed by atoms with Crippen LogP contribution in [0.1, 0.15) is 21.5 Å². The molecule has 108 valence electrons. The van der Waals surface area contributed by atoms with Crippen molar-refractivity contribution in [3.8, 4) is 5.75 Å². The van der Waals surface area contributed by atoms with Crippen molar-refractivity contribution >= 4 is 11.6 Å². The quantitative estimate of drug-likeness (QED) is 0.861. The number of hydrogen-bond acceptors (Lipinski definition) is 3. The van der Waals surface area contributed by atoms with E-state index in [4.69, 9.17) is 10.5 Å². The van der Waals surface area contributed by atoms with Crippen LogP contribution in [0.25, 0.3) is 0 Å². The van der Waals surface area contributed by atoms with E-state index in [0.717, 1.165) is 17.7 Å². The van der Waals surface area contributed by atoms with Crippen molar-refractivity contribution in [2.24, 2.45) is 0 Å². The maximum absolute atomic E-state index is 12.7. The molecule has 4 nitrogen and oxygen atoms in total. The number of fused-ring (bicyclic) bond motifs is 1. The van der Waals surface area contributed by atoms with Crippen molar-refractivity contribution in [2.75, 3.05) is 19.4 Å². The number of nitrogens with two attached hydrogens (primary N) is 1. The molecule has 0 saturated carbocycles. The Hall–Kier alpha value is -2.49. The van der Waals surface area contributed by atoms with Gasteiger partial charge in [-0.05, 0) is 35.7 Å². The molecule has 0 aromatic heterocycles. The predicted molar refractivity (Wildman–Crippen MR) is 82.3 cm³/mol. The van der Waals surface area contributed by atoms with E-state index >= 15 is 0 Å². The molecule has 2 N–H and O–H groups in total. The molecule has 1 aliphatic rings. The fourth-order valence-corrected chi connectivity index (χ4v) is 2.80. The Morgan fingerprint density at radius 2 is 2.00 bits per heavy atom. The van der Waals surface area contributed by atoms with Crippen molar-refractivity contribution in [3.05, 3.63) is 59.2 Å². The summed E-state index contributed by atoms with van der Waals surface area (Å²) in [6, 6.07) is 13.2. The second kappa shape index (κ2) is 5.48. The first-order chi connectivity index (χ1) is 10.2. The van der Waals surface area contributed by atoms with E-state index in [-0.39, 0.29) is 5.91 Å². The van der Waals surface area contributed by atoms with Crippen LogP contribution in [0.2, 0.25) is 0 Å². The summed E-state index contributed by atoms with van der Waals surface area (Å²) in [6.45, 7) is 1.27. The van der Waals surface area contributed by atoms with Crippen LogP contribution in [0.3, 0.4) is 0 Å². The number of amides is 1. The van der Waals surface area contributed by atoms with Gasteiger partial charge in [0.1, 0.15) is 5.75 Å². The number of rotatable bonds is 2. The van der Waals surface area contributed by atoms with Crippen molar-refractivity contribution in [2.45, 2.75) is 13.0 Å². The van der Waals surface area contributed by atoms with Crippen LogP contribution in [0.15, 0.2) is 42.5 Å². The lowest BCUT2D eigenvalue weighted by molar-refractivity contribution is 0.0731. The number of carbonyl (C=O) groups excluding carboxylic acids is 1. The number of carbonyl (C=O) groups is 1. The zero-order valence-corrected chi connectivity index (χ0v) is 12.0. The van der Waals surface area contributed by atoms with E-state index in [1.54, 1.807) is 13.2 Å². The van der Waals surface area contributed by atoms with Crippen LogP contribution in [0, 0.1) is 0 Å². The molecule has 1 heterocycles. The van der Waals surface area contributed by atoms with Gasteiger partial charge in [0.25, 0.3) is 5.91 Å². The zero-order chi connectivity index (χ0) is 14.8. The first-order valence-corrected chi connectivity index (χ1v) is 6.99. The first kappa shape index (κ1) is 13.5. The van der Waals surface area contributed by atoms with Gasteiger partial charge in [-0.15, -0.1) is 0 Å². The maximum Gasteiger partial charge on any atom is 0.257 e. The number of nitrogen functional groups attached to an aromatic ring is 1. The Morgan fingerprint density at radius 3 is 2.81 bits per heavy atom. The van der Waals surface area contributed by atoms with E-state index in [9.17, 15) is 4.79 Å². The molecule has 0 unspecified atom stereocenters. The molecule has 0 bridgehead atoms. The van der Waals surface area contributed by atoms with Crippen LogP contribution in [-0.4, -0.2) is 24.5 Å². The lowest BCUT2D eigenvalue weighted by atomic mass is 9.97. The SMILES string of the molecule is COc1ccccc1C(=O)N1CCc2c(N)cccc2C1. The van der Waals surface area contributed by atoms with E-state index in [2.05, 4.69) is 0 Å². The normalized spacial score (nSPS) is 13.7. The minimum Gasteiger partial charge on any atom is -0.496 e. The van der Waals surface area contributed by atoms with Crippen LogP contribution in [-0.2, 0) is 13.0 Å². The van der Waals surface area contributed by atoms with Gasteiger partial charge in [0.2, 0.25) is 0 Å². The van der Waals surface area contributed by atoms with E-state index in [1.807, 2.05) is 41.3 Å². The largest absolute Gasteiger partial charge is 0.496 e. The first-order valence-electron chi connectivity index (χ1n) is 6.99. The number of para-hydroxylation sites is 1. The highest BCUT2D eigenvalue weighted by molar-refractivity contribution is 5.97. The van der Waals surface area contributed by atoms with E-state index in [1.165, 1.54) is 5.56 Å². The summed E-state index contributed by atoms with van der Waals surface area (Å²) in [6.07, 6.45) is 0.795. The van der Waals surface area contributed by atoms with Gasteiger partial charge in [-0.25, -0.2) is 0 Å². The second-order valence-electron chi connectivity index (χ2n) is 5.16. The molecule has 2 aromatic rings. The minimum absolute atomic E-state index is 0.000486. The van der Waals surface area contributed by atoms with Crippen LogP contribution < -0.4 is 10.5 Å². The third-order valence-electron chi connectivity index (χ3n) is 3.93. The van der Waals surface area contributed by atoms with Gasteiger partial charge in [-0.1, -0.05) is 24.3 Å². The molecule has 0 atom stereocenters.